The lowest BCUT2D eigenvalue weighted by Gasteiger charge is -2.41. The van der Waals surface area contributed by atoms with Crippen molar-refractivity contribution in [3.05, 3.63) is 83.7 Å². The molecule has 1 unspecified atom stereocenters. The molecule has 1 saturated carbocycles. The molecule has 0 radical (unpaired) electrons. The van der Waals surface area contributed by atoms with Crippen LogP contribution in [0.1, 0.15) is 119 Å². The fourth-order valence-electron chi connectivity index (χ4n) is 11.0. The first-order valence-electron chi connectivity index (χ1n) is 23.0. The number of ketones is 1. The molecule has 336 valence electrons. The van der Waals surface area contributed by atoms with Gasteiger partial charge in [0.2, 0.25) is 5.91 Å². The third-order valence-electron chi connectivity index (χ3n) is 14.3. The number of nitrogens with one attached hydrogen (secondary N) is 5. The Morgan fingerprint density at radius 1 is 0.688 bits per heavy atom. The third kappa shape index (κ3) is 8.05. The highest BCUT2D eigenvalue weighted by molar-refractivity contribution is 5.92. The zero-order chi connectivity index (χ0) is 44.8. The Balaban J connectivity index is 0.964. The van der Waals surface area contributed by atoms with Crippen molar-refractivity contribution in [2.24, 2.45) is 17.8 Å². The van der Waals surface area contributed by atoms with Gasteiger partial charge in [0.1, 0.15) is 17.7 Å². The number of aromatic nitrogens is 4. The monoisotopic (exact) mass is 868 g/mol. The summed E-state index contributed by atoms with van der Waals surface area (Å²) >= 11 is 0. The van der Waals surface area contributed by atoms with Crippen LogP contribution >= 0.6 is 0 Å². The maximum Gasteiger partial charge on any atom is 0.407 e. The van der Waals surface area contributed by atoms with Crippen LogP contribution in [0.25, 0.3) is 44.4 Å². The Hall–Kier alpha value is -6.02. The number of carbonyl (C=O) groups is 4. The van der Waals surface area contributed by atoms with Gasteiger partial charge in [-0.1, -0.05) is 64.1 Å². The summed E-state index contributed by atoms with van der Waals surface area (Å²) in [5.74, 6) is 1.78. The van der Waals surface area contributed by atoms with Crippen molar-refractivity contribution in [2.45, 2.75) is 109 Å². The Kier molecular flexibility index (Phi) is 12.1. The standard InChI is InChI=1S/C50H60N8O6/c1-26(2)42(56-49(61)63-5)45(59)36-19-20-51-44(36)47-53-25-38(55-47)35-18-17-34(40-28-9-11-29(12-10-28)41(35)40)32-15-13-31-23-33(16-14-30(31)22-32)37-24-52-46(54-37)39-8-7-21-58(39)48(60)43(27(3)4)57-50(62)64-6/h13-18,22-29,36,39,42-44,51H,7-12,19-21H2,1-6H3,(H,52,54)(H,53,55)(H,56,61)(H,57,62)/t28?,29?,36?,39-,42-,43+,44+/m0/s1. The average molecular weight is 869 g/mol. The van der Waals surface area contributed by atoms with E-state index in [0.29, 0.717) is 31.3 Å². The molecule has 5 atom stereocenters. The minimum atomic E-state index is -0.688. The van der Waals surface area contributed by atoms with Gasteiger partial charge in [0.25, 0.3) is 0 Å². The lowest BCUT2D eigenvalue weighted by atomic mass is 9.64. The minimum Gasteiger partial charge on any atom is -0.453 e. The second-order valence-corrected chi connectivity index (χ2v) is 18.8. The largest absolute Gasteiger partial charge is 0.453 e. The van der Waals surface area contributed by atoms with Crippen molar-refractivity contribution < 1.29 is 28.7 Å². The van der Waals surface area contributed by atoms with Gasteiger partial charge in [-0.3, -0.25) is 9.59 Å². The molecule has 5 aromatic rings. The van der Waals surface area contributed by atoms with Gasteiger partial charge in [-0.25, -0.2) is 19.6 Å². The van der Waals surface area contributed by atoms with E-state index in [4.69, 9.17) is 19.4 Å². The molecule has 3 fully saturated rings. The normalized spacial score (nSPS) is 22.4. The molecule has 3 aromatic carbocycles. The van der Waals surface area contributed by atoms with Crippen molar-refractivity contribution in [3.63, 3.8) is 0 Å². The van der Waals surface area contributed by atoms with Crippen LogP contribution < -0.4 is 16.0 Å². The summed E-state index contributed by atoms with van der Waals surface area (Å²) in [6, 6.07) is 16.0. The number of likely N-dealkylation sites (tertiary alicyclic amines) is 1. The molecule has 4 heterocycles. The van der Waals surface area contributed by atoms with Crippen LogP contribution in [0.2, 0.25) is 0 Å². The van der Waals surface area contributed by atoms with E-state index >= 15 is 0 Å². The lowest BCUT2D eigenvalue weighted by molar-refractivity contribution is -0.135. The number of alkyl carbamates (subject to hydrolysis) is 2. The molecule has 5 aliphatic rings. The summed E-state index contributed by atoms with van der Waals surface area (Å²) in [7, 11) is 2.61. The molecule has 5 N–H and O–H groups in total. The Bertz CT molecular complexity index is 2570. The number of nitrogens with zero attached hydrogens (tertiary/aromatic N) is 3. The SMILES string of the molecule is COC(=O)N[C@H](C(=O)C1CCN[C@H]1c1ncc(-c2ccc(-c3ccc4cc(-c5cnc([C@@H]6CCCN6C(=O)[C@H](NC(=O)OC)C(C)C)[nH]5)ccc4c3)c3c2C2CCC3CC2)[nH]1)C(C)C. The van der Waals surface area contributed by atoms with Crippen molar-refractivity contribution >= 4 is 34.6 Å². The predicted molar refractivity (Wildman–Crippen MR) is 244 cm³/mol. The number of hydrogen-bond acceptors (Lipinski definition) is 9. The molecule has 2 saturated heterocycles. The summed E-state index contributed by atoms with van der Waals surface area (Å²) in [6.07, 6.45) is 9.58. The van der Waals surface area contributed by atoms with Crippen LogP contribution in [0.3, 0.4) is 0 Å². The van der Waals surface area contributed by atoms with Gasteiger partial charge in [-0.2, -0.15) is 0 Å². The third-order valence-corrected chi connectivity index (χ3v) is 14.3. The van der Waals surface area contributed by atoms with Crippen LogP contribution in [-0.4, -0.2) is 88.1 Å². The quantitative estimate of drug-likeness (QED) is 0.0819. The molecule has 14 heteroatoms. The summed E-state index contributed by atoms with van der Waals surface area (Å²) in [5, 5.41) is 11.3. The highest BCUT2D eigenvalue weighted by atomic mass is 16.5. The second kappa shape index (κ2) is 17.9. The first kappa shape index (κ1) is 43.2. The minimum absolute atomic E-state index is 0.0108. The number of methoxy groups -OCH3 is 2. The molecule has 3 amide bonds. The van der Waals surface area contributed by atoms with E-state index in [0.717, 1.165) is 52.2 Å². The zero-order valence-electron chi connectivity index (χ0n) is 37.6. The number of aromatic amines is 2. The number of Topliss-reactive ketones (excluding diaryl/α,β-unsaturated/α-hetero) is 1. The lowest BCUT2D eigenvalue weighted by Crippen LogP contribution is -2.51. The van der Waals surface area contributed by atoms with Gasteiger partial charge in [-0.05, 0) is 120 Å². The average Bonchev–Trinajstić information content (AvgIpc) is 4.16. The molecular weight excluding hydrogens is 809 g/mol. The number of carbonyl (C=O) groups excluding carboxylic acids is 4. The van der Waals surface area contributed by atoms with Crippen LogP contribution in [0, 0.1) is 17.8 Å². The van der Waals surface area contributed by atoms with Crippen molar-refractivity contribution in [1.29, 1.82) is 0 Å². The summed E-state index contributed by atoms with van der Waals surface area (Å²) in [5.41, 5.74) is 9.43. The van der Waals surface area contributed by atoms with Crippen molar-refractivity contribution in [1.82, 2.24) is 40.8 Å². The van der Waals surface area contributed by atoms with Gasteiger partial charge >= 0.3 is 12.2 Å². The number of imidazole rings is 2. The number of amides is 3. The number of H-pyrrole nitrogens is 2. The van der Waals surface area contributed by atoms with Gasteiger partial charge in [0.05, 0.1) is 56.1 Å². The Labute approximate surface area is 374 Å². The van der Waals surface area contributed by atoms with Gasteiger partial charge < -0.3 is 40.3 Å². The topological polar surface area (TPSA) is 183 Å². The van der Waals surface area contributed by atoms with E-state index in [2.05, 4.69) is 74.4 Å². The van der Waals surface area contributed by atoms with E-state index in [1.807, 2.05) is 45.0 Å². The highest BCUT2D eigenvalue weighted by Crippen LogP contribution is 2.55. The molecule has 64 heavy (non-hydrogen) atoms. The number of hydrogen-bond donors (Lipinski definition) is 5. The van der Waals surface area contributed by atoms with E-state index < -0.39 is 24.3 Å². The number of ether oxygens (including phenoxy) is 2. The fraction of sp³-hybridized carbons (Fsp3) is 0.480. The number of rotatable bonds is 12. The predicted octanol–water partition coefficient (Wildman–Crippen LogP) is 8.69. The fourth-order valence-corrected chi connectivity index (χ4v) is 11.0. The molecule has 14 nitrogen and oxygen atoms in total. The molecule has 2 bridgehead atoms. The van der Waals surface area contributed by atoms with Gasteiger partial charge in [0.15, 0.2) is 5.78 Å². The molecule has 10 rings (SSSR count). The van der Waals surface area contributed by atoms with E-state index in [1.165, 1.54) is 67.7 Å². The summed E-state index contributed by atoms with van der Waals surface area (Å²) in [4.78, 5) is 70.4. The highest BCUT2D eigenvalue weighted by Gasteiger charge is 2.42. The molecule has 2 aliphatic heterocycles. The molecule has 2 aromatic heterocycles. The molecule has 3 aliphatic carbocycles. The Morgan fingerprint density at radius 3 is 1.94 bits per heavy atom. The van der Waals surface area contributed by atoms with E-state index in [-0.39, 0.29) is 41.5 Å². The number of benzene rings is 3. The van der Waals surface area contributed by atoms with Crippen molar-refractivity contribution in [3.8, 4) is 33.6 Å². The molecular formula is C50H60N8O6. The zero-order valence-corrected chi connectivity index (χ0v) is 37.6. The van der Waals surface area contributed by atoms with Crippen LogP contribution in [-0.2, 0) is 19.1 Å². The van der Waals surface area contributed by atoms with Crippen LogP contribution in [0.15, 0.2) is 60.9 Å². The first-order valence-corrected chi connectivity index (χ1v) is 23.0. The number of fused-ring (bicyclic) bond motifs is 3. The summed E-state index contributed by atoms with van der Waals surface area (Å²) < 4.78 is 9.63. The van der Waals surface area contributed by atoms with Gasteiger partial charge in [-0.15, -0.1) is 0 Å². The van der Waals surface area contributed by atoms with E-state index in [1.54, 1.807) is 0 Å². The van der Waals surface area contributed by atoms with Crippen LogP contribution in [0.4, 0.5) is 9.59 Å². The summed E-state index contributed by atoms with van der Waals surface area (Å²) in [6.45, 7) is 8.98. The smallest absolute Gasteiger partial charge is 0.407 e. The Morgan fingerprint density at radius 2 is 1.27 bits per heavy atom. The van der Waals surface area contributed by atoms with Crippen molar-refractivity contribution in [2.75, 3.05) is 27.3 Å². The maximum atomic E-state index is 13.9. The maximum absolute atomic E-state index is 13.9. The molecule has 0 spiro atoms. The first-order chi connectivity index (χ1) is 30.9. The van der Waals surface area contributed by atoms with Gasteiger partial charge in [0, 0.05) is 23.6 Å². The van der Waals surface area contributed by atoms with Crippen LogP contribution in [0.5, 0.6) is 0 Å². The van der Waals surface area contributed by atoms with E-state index in [9.17, 15) is 19.2 Å². The second-order valence-electron chi connectivity index (χ2n) is 18.8.